The number of methoxy groups -OCH3 is 1. The number of hydrogen-bond acceptors (Lipinski definition) is 5. The highest BCUT2D eigenvalue weighted by atomic mass is 16.5. The van der Waals surface area contributed by atoms with E-state index in [4.69, 9.17) is 4.74 Å². The second kappa shape index (κ2) is 6.70. The summed E-state index contributed by atoms with van der Waals surface area (Å²) >= 11 is 0. The minimum atomic E-state index is 0.471. The fraction of sp³-hybridized carbons (Fsp3) is 0.421. The standard InChI is InChI=1S/C19H23N5O/c1-13(14-5-7-16(25-2)8-6-14)11-12-20-17-9-10-18-21-22-19(15-3-4-15)24(18)23-17/h5-10,13,15H,3-4,11-12H2,1-2H3,(H,20,23). The van der Waals surface area contributed by atoms with Crippen molar-refractivity contribution in [3.05, 3.63) is 47.8 Å². The molecular weight excluding hydrogens is 314 g/mol. The average Bonchev–Trinajstić information content (AvgIpc) is 3.41. The molecule has 1 fully saturated rings. The van der Waals surface area contributed by atoms with Crippen LogP contribution in [0, 0.1) is 0 Å². The Hall–Kier alpha value is -2.63. The average molecular weight is 337 g/mol. The van der Waals surface area contributed by atoms with Crippen LogP contribution in [0.4, 0.5) is 5.82 Å². The molecular formula is C19H23N5O. The molecule has 1 aromatic carbocycles. The molecule has 1 aliphatic rings. The second-order valence-electron chi connectivity index (χ2n) is 6.71. The first-order valence-electron chi connectivity index (χ1n) is 8.85. The fourth-order valence-corrected chi connectivity index (χ4v) is 3.01. The van der Waals surface area contributed by atoms with Crippen LogP contribution in [0.15, 0.2) is 36.4 Å². The van der Waals surface area contributed by atoms with Crippen molar-refractivity contribution >= 4 is 11.5 Å². The summed E-state index contributed by atoms with van der Waals surface area (Å²) < 4.78 is 7.10. The van der Waals surface area contributed by atoms with Gasteiger partial charge in [0.05, 0.1) is 7.11 Å². The van der Waals surface area contributed by atoms with E-state index in [1.807, 2.05) is 28.8 Å². The van der Waals surface area contributed by atoms with Crippen molar-refractivity contribution in [1.29, 1.82) is 0 Å². The van der Waals surface area contributed by atoms with Gasteiger partial charge in [-0.25, -0.2) is 0 Å². The Morgan fingerprint density at radius 2 is 1.96 bits per heavy atom. The summed E-state index contributed by atoms with van der Waals surface area (Å²) in [7, 11) is 1.69. The normalized spacial score (nSPS) is 15.3. The molecule has 2 heterocycles. The number of fused-ring (bicyclic) bond motifs is 1. The van der Waals surface area contributed by atoms with Crippen LogP contribution in [0.5, 0.6) is 5.75 Å². The number of rotatable bonds is 7. The van der Waals surface area contributed by atoms with E-state index in [2.05, 4.69) is 39.7 Å². The van der Waals surface area contributed by atoms with Crippen molar-refractivity contribution < 1.29 is 4.74 Å². The predicted molar refractivity (Wildman–Crippen MR) is 97.3 cm³/mol. The van der Waals surface area contributed by atoms with E-state index in [0.29, 0.717) is 11.8 Å². The number of nitrogens with one attached hydrogen (secondary N) is 1. The maximum atomic E-state index is 5.21. The third-order valence-electron chi connectivity index (χ3n) is 4.80. The van der Waals surface area contributed by atoms with Crippen molar-refractivity contribution in [2.45, 2.75) is 38.0 Å². The smallest absolute Gasteiger partial charge is 0.178 e. The molecule has 1 aliphatic carbocycles. The minimum Gasteiger partial charge on any atom is -0.497 e. The van der Waals surface area contributed by atoms with E-state index in [1.54, 1.807) is 7.11 Å². The van der Waals surface area contributed by atoms with Gasteiger partial charge in [-0.1, -0.05) is 19.1 Å². The van der Waals surface area contributed by atoms with Crippen LogP contribution in [0.3, 0.4) is 0 Å². The van der Waals surface area contributed by atoms with Crippen molar-refractivity contribution in [3.63, 3.8) is 0 Å². The highest BCUT2D eigenvalue weighted by molar-refractivity contribution is 5.44. The Morgan fingerprint density at radius 3 is 2.68 bits per heavy atom. The van der Waals surface area contributed by atoms with Gasteiger partial charge in [0.1, 0.15) is 11.6 Å². The molecule has 0 saturated heterocycles. The molecule has 1 saturated carbocycles. The molecule has 0 amide bonds. The lowest BCUT2D eigenvalue weighted by molar-refractivity contribution is 0.414. The van der Waals surface area contributed by atoms with Gasteiger partial charge < -0.3 is 10.1 Å². The molecule has 0 spiro atoms. The van der Waals surface area contributed by atoms with Crippen molar-refractivity contribution in [2.75, 3.05) is 19.0 Å². The van der Waals surface area contributed by atoms with E-state index in [0.717, 1.165) is 36.0 Å². The van der Waals surface area contributed by atoms with Gasteiger partial charge in [-0.2, -0.15) is 4.52 Å². The highest BCUT2D eigenvalue weighted by Gasteiger charge is 2.29. The lowest BCUT2D eigenvalue weighted by Gasteiger charge is -2.13. The third kappa shape index (κ3) is 3.43. The second-order valence-corrected chi connectivity index (χ2v) is 6.71. The number of benzene rings is 1. The Labute approximate surface area is 147 Å². The number of hydrogen-bond donors (Lipinski definition) is 1. The van der Waals surface area contributed by atoms with Gasteiger partial charge in [-0.15, -0.1) is 15.3 Å². The minimum absolute atomic E-state index is 0.471. The summed E-state index contributed by atoms with van der Waals surface area (Å²) in [5, 5.41) is 16.5. The number of nitrogens with zero attached hydrogens (tertiary/aromatic N) is 4. The van der Waals surface area contributed by atoms with Crippen LogP contribution >= 0.6 is 0 Å². The maximum Gasteiger partial charge on any atom is 0.178 e. The lowest BCUT2D eigenvalue weighted by atomic mass is 9.98. The van der Waals surface area contributed by atoms with E-state index >= 15 is 0 Å². The van der Waals surface area contributed by atoms with Crippen LogP contribution in [-0.4, -0.2) is 33.5 Å². The van der Waals surface area contributed by atoms with Gasteiger partial charge in [0.15, 0.2) is 11.5 Å². The summed E-state index contributed by atoms with van der Waals surface area (Å²) in [6.45, 7) is 3.11. The van der Waals surface area contributed by atoms with E-state index < -0.39 is 0 Å². The Bertz CT molecular complexity index is 854. The molecule has 3 aromatic rings. The molecule has 4 rings (SSSR count). The summed E-state index contributed by atoms with van der Waals surface area (Å²) in [4.78, 5) is 0. The first kappa shape index (κ1) is 15.9. The van der Waals surface area contributed by atoms with Gasteiger partial charge in [0.2, 0.25) is 0 Å². The largest absolute Gasteiger partial charge is 0.497 e. The predicted octanol–water partition coefficient (Wildman–Crippen LogP) is 3.62. The molecule has 130 valence electrons. The Morgan fingerprint density at radius 1 is 1.16 bits per heavy atom. The molecule has 1 N–H and O–H groups in total. The van der Waals surface area contributed by atoms with Crippen LogP contribution in [0.2, 0.25) is 0 Å². The molecule has 1 unspecified atom stereocenters. The molecule has 6 heteroatoms. The first-order chi connectivity index (χ1) is 12.2. The number of anilines is 1. The van der Waals surface area contributed by atoms with Gasteiger partial charge in [0.25, 0.3) is 0 Å². The monoisotopic (exact) mass is 337 g/mol. The number of ether oxygens (including phenoxy) is 1. The zero-order valence-corrected chi connectivity index (χ0v) is 14.6. The van der Waals surface area contributed by atoms with Crippen molar-refractivity contribution in [3.8, 4) is 5.75 Å². The van der Waals surface area contributed by atoms with Gasteiger partial charge in [0, 0.05) is 12.5 Å². The quantitative estimate of drug-likeness (QED) is 0.713. The van der Waals surface area contributed by atoms with E-state index in [1.165, 1.54) is 18.4 Å². The molecule has 0 radical (unpaired) electrons. The van der Waals surface area contributed by atoms with Crippen molar-refractivity contribution in [1.82, 2.24) is 19.8 Å². The molecule has 2 aromatic heterocycles. The summed E-state index contributed by atoms with van der Waals surface area (Å²) in [6.07, 6.45) is 3.42. The molecule has 1 atom stereocenters. The summed E-state index contributed by atoms with van der Waals surface area (Å²) in [5.41, 5.74) is 2.14. The van der Waals surface area contributed by atoms with Gasteiger partial charge in [-0.3, -0.25) is 0 Å². The van der Waals surface area contributed by atoms with Crippen molar-refractivity contribution in [2.24, 2.45) is 0 Å². The van der Waals surface area contributed by atoms with E-state index in [-0.39, 0.29) is 0 Å². The SMILES string of the molecule is COc1ccc(C(C)CCNc2ccc3nnc(C4CC4)n3n2)cc1. The Kier molecular flexibility index (Phi) is 4.26. The Balaban J connectivity index is 1.37. The zero-order chi connectivity index (χ0) is 17.2. The topological polar surface area (TPSA) is 64.3 Å². The summed E-state index contributed by atoms with van der Waals surface area (Å²) in [5.74, 6) is 3.76. The lowest BCUT2D eigenvalue weighted by Crippen LogP contribution is -2.09. The van der Waals surface area contributed by atoms with Crippen LogP contribution in [0.1, 0.15) is 49.4 Å². The fourth-order valence-electron chi connectivity index (χ4n) is 3.01. The number of aromatic nitrogens is 4. The highest BCUT2D eigenvalue weighted by Crippen LogP contribution is 2.38. The maximum absolute atomic E-state index is 5.21. The van der Waals surface area contributed by atoms with Gasteiger partial charge >= 0.3 is 0 Å². The third-order valence-corrected chi connectivity index (χ3v) is 4.80. The van der Waals surface area contributed by atoms with Gasteiger partial charge in [-0.05, 0) is 55.0 Å². The molecule has 0 bridgehead atoms. The van der Waals surface area contributed by atoms with Crippen LogP contribution < -0.4 is 10.1 Å². The summed E-state index contributed by atoms with van der Waals surface area (Å²) in [6, 6.07) is 12.2. The van der Waals surface area contributed by atoms with E-state index in [9.17, 15) is 0 Å². The zero-order valence-electron chi connectivity index (χ0n) is 14.6. The van der Waals surface area contributed by atoms with Crippen LogP contribution in [-0.2, 0) is 0 Å². The van der Waals surface area contributed by atoms with Crippen LogP contribution in [0.25, 0.3) is 5.65 Å². The molecule has 6 nitrogen and oxygen atoms in total. The molecule has 25 heavy (non-hydrogen) atoms. The molecule has 0 aliphatic heterocycles. The first-order valence-corrected chi connectivity index (χ1v) is 8.85.